The number of carbonyl (C=O) groups excluding carboxylic acids is 2. The molecule has 2 saturated heterocycles. The molecular formula is C27H39N3O8. The lowest BCUT2D eigenvalue weighted by Gasteiger charge is -2.30. The van der Waals surface area contributed by atoms with Gasteiger partial charge in [-0.25, -0.2) is 5.06 Å². The molecule has 0 saturated carbocycles. The molecule has 1 aromatic rings. The maximum atomic E-state index is 13.3. The predicted molar refractivity (Wildman–Crippen MR) is 137 cm³/mol. The molecule has 11 nitrogen and oxygen atoms in total. The van der Waals surface area contributed by atoms with Crippen molar-refractivity contribution < 1.29 is 38.5 Å². The van der Waals surface area contributed by atoms with Gasteiger partial charge in [0.25, 0.3) is 5.91 Å². The molecule has 0 aromatic heterocycles. The average Bonchev–Trinajstić information content (AvgIpc) is 3.63. The van der Waals surface area contributed by atoms with Crippen LogP contribution >= 0.6 is 0 Å². The van der Waals surface area contributed by atoms with Crippen LogP contribution in [0.4, 0.5) is 0 Å². The van der Waals surface area contributed by atoms with Crippen LogP contribution < -0.4 is 14.2 Å². The Morgan fingerprint density at radius 3 is 2.68 bits per heavy atom. The SMILES string of the molecule is CCCON(CCC)C(=O)CN1C[C@H](c2cc(OC)c3c(c2)OCO3)C(C(=O)O)[C@@H]1CCN1CCCC1=O. The number of aliphatic carboxylic acids is 1. The van der Waals surface area contributed by atoms with Gasteiger partial charge in [0.15, 0.2) is 11.5 Å². The number of fused-ring (bicyclic) bond motifs is 1. The lowest BCUT2D eigenvalue weighted by atomic mass is 9.84. The number of hydrogen-bond acceptors (Lipinski definition) is 8. The van der Waals surface area contributed by atoms with Crippen LogP contribution in [0.25, 0.3) is 0 Å². The van der Waals surface area contributed by atoms with E-state index < -0.39 is 23.8 Å². The highest BCUT2D eigenvalue weighted by atomic mass is 16.7. The second-order valence-electron chi connectivity index (χ2n) is 10.0. The summed E-state index contributed by atoms with van der Waals surface area (Å²) in [5.41, 5.74) is 0.753. The largest absolute Gasteiger partial charge is 0.493 e. The molecule has 0 aliphatic carbocycles. The van der Waals surface area contributed by atoms with Crippen molar-refractivity contribution in [3.8, 4) is 17.2 Å². The molecule has 3 heterocycles. The molecule has 11 heteroatoms. The van der Waals surface area contributed by atoms with E-state index in [0.717, 1.165) is 24.8 Å². The number of methoxy groups -OCH3 is 1. The number of carboxylic acid groups (broad SMARTS) is 1. The third-order valence-corrected chi connectivity index (χ3v) is 7.50. The summed E-state index contributed by atoms with van der Waals surface area (Å²) in [4.78, 5) is 47.8. The van der Waals surface area contributed by atoms with Crippen LogP contribution in [0.15, 0.2) is 12.1 Å². The number of hydrogen-bond donors (Lipinski definition) is 1. The summed E-state index contributed by atoms with van der Waals surface area (Å²) in [5, 5.41) is 11.8. The number of carbonyl (C=O) groups is 3. The van der Waals surface area contributed by atoms with Gasteiger partial charge in [0.1, 0.15) is 0 Å². The lowest BCUT2D eigenvalue weighted by molar-refractivity contribution is -0.188. The number of likely N-dealkylation sites (tertiary alicyclic amines) is 2. The minimum atomic E-state index is -0.938. The molecule has 0 bridgehead atoms. The Bertz CT molecular complexity index is 1020. The first-order valence-corrected chi connectivity index (χ1v) is 13.5. The van der Waals surface area contributed by atoms with Crippen molar-refractivity contribution in [1.29, 1.82) is 0 Å². The smallest absolute Gasteiger partial charge is 0.308 e. The van der Waals surface area contributed by atoms with E-state index in [9.17, 15) is 19.5 Å². The van der Waals surface area contributed by atoms with Crippen LogP contribution in [0.1, 0.15) is 57.4 Å². The summed E-state index contributed by atoms with van der Waals surface area (Å²) in [6.07, 6.45) is 3.31. The Kier molecular flexibility index (Phi) is 9.32. The topological polar surface area (TPSA) is 118 Å². The number of nitrogens with zero attached hydrogens (tertiary/aromatic N) is 3. The standard InChI is InChI=1S/C27H39N3O8/c1-4-9-30(38-12-5-2)24(32)16-29-15-19(18-13-21(35-3)26-22(14-18)36-17-37-26)25(27(33)34)20(29)8-11-28-10-6-7-23(28)31/h13-14,19-20,25H,4-12,15-17H2,1-3H3,(H,33,34)/t19-,20+,25?/m1/s1. The van der Waals surface area contributed by atoms with Gasteiger partial charge in [-0.2, -0.15) is 0 Å². The van der Waals surface area contributed by atoms with E-state index in [1.54, 1.807) is 11.0 Å². The first-order chi connectivity index (χ1) is 18.4. The van der Waals surface area contributed by atoms with Crippen LogP contribution in [0, 0.1) is 5.92 Å². The van der Waals surface area contributed by atoms with E-state index in [1.807, 2.05) is 24.8 Å². The molecule has 4 rings (SSSR count). The van der Waals surface area contributed by atoms with Crippen molar-refractivity contribution in [2.24, 2.45) is 5.92 Å². The van der Waals surface area contributed by atoms with Crippen LogP contribution in [0.5, 0.6) is 17.2 Å². The predicted octanol–water partition coefficient (Wildman–Crippen LogP) is 2.49. The number of ether oxygens (including phenoxy) is 3. The molecule has 0 spiro atoms. The summed E-state index contributed by atoms with van der Waals surface area (Å²) < 4.78 is 16.6. The Labute approximate surface area is 223 Å². The van der Waals surface area contributed by atoms with Crippen molar-refractivity contribution in [3.05, 3.63) is 17.7 Å². The van der Waals surface area contributed by atoms with Gasteiger partial charge < -0.3 is 24.2 Å². The normalized spacial score (nSPS) is 22.8. The molecule has 2 amide bonds. The minimum Gasteiger partial charge on any atom is -0.493 e. The van der Waals surface area contributed by atoms with Gasteiger partial charge in [0.05, 0.1) is 26.2 Å². The molecule has 3 aliphatic rings. The van der Waals surface area contributed by atoms with E-state index in [0.29, 0.717) is 62.9 Å². The molecule has 210 valence electrons. The van der Waals surface area contributed by atoms with E-state index in [2.05, 4.69) is 0 Å². The van der Waals surface area contributed by atoms with Crippen molar-refractivity contribution >= 4 is 17.8 Å². The summed E-state index contributed by atoms with van der Waals surface area (Å²) in [5.74, 6) is -0.755. The second kappa shape index (κ2) is 12.7. The van der Waals surface area contributed by atoms with Gasteiger partial charge in [0.2, 0.25) is 18.4 Å². The van der Waals surface area contributed by atoms with E-state index in [1.165, 1.54) is 12.2 Å². The maximum Gasteiger partial charge on any atom is 0.308 e. The van der Waals surface area contributed by atoms with Crippen LogP contribution in [0.3, 0.4) is 0 Å². The van der Waals surface area contributed by atoms with Gasteiger partial charge in [0, 0.05) is 44.6 Å². The highest BCUT2D eigenvalue weighted by Gasteiger charge is 2.48. The second-order valence-corrected chi connectivity index (χ2v) is 10.0. The maximum absolute atomic E-state index is 13.3. The first kappa shape index (κ1) is 28.0. The zero-order chi connectivity index (χ0) is 27.2. The minimum absolute atomic E-state index is 0.0320. The third-order valence-electron chi connectivity index (χ3n) is 7.50. The Morgan fingerprint density at radius 1 is 1.21 bits per heavy atom. The van der Waals surface area contributed by atoms with Crippen LogP contribution in [-0.4, -0.2) is 97.0 Å². The summed E-state index contributed by atoms with van der Waals surface area (Å²) in [7, 11) is 1.53. The fourth-order valence-corrected chi connectivity index (χ4v) is 5.70. The van der Waals surface area contributed by atoms with Gasteiger partial charge in [-0.3, -0.25) is 24.1 Å². The number of carboxylic acids is 1. The summed E-state index contributed by atoms with van der Waals surface area (Å²) >= 11 is 0. The van der Waals surface area contributed by atoms with Crippen molar-refractivity contribution in [2.75, 3.05) is 53.2 Å². The van der Waals surface area contributed by atoms with Gasteiger partial charge in [-0.1, -0.05) is 13.8 Å². The van der Waals surface area contributed by atoms with E-state index >= 15 is 0 Å². The number of rotatable bonds is 13. The molecular weight excluding hydrogens is 494 g/mol. The highest BCUT2D eigenvalue weighted by Crippen LogP contribution is 2.47. The molecule has 1 unspecified atom stereocenters. The average molecular weight is 534 g/mol. The number of hydroxylamine groups is 2. The zero-order valence-corrected chi connectivity index (χ0v) is 22.5. The quantitative estimate of drug-likeness (QED) is 0.382. The third kappa shape index (κ3) is 5.99. The molecule has 3 aliphatic heterocycles. The van der Waals surface area contributed by atoms with Crippen molar-refractivity contribution in [3.63, 3.8) is 0 Å². The molecule has 3 atom stereocenters. The van der Waals surface area contributed by atoms with Crippen LogP contribution in [0.2, 0.25) is 0 Å². The van der Waals surface area contributed by atoms with E-state index in [4.69, 9.17) is 19.0 Å². The fraction of sp³-hybridized carbons (Fsp3) is 0.667. The summed E-state index contributed by atoms with van der Waals surface area (Å²) in [6, 6.07) is 3.17. The van der Waals surface area contributed by atoms with Crippen molar-refractivity contribution in [1.82, 2.24) is 14.9 Å². The van der Waals surface area contributed by atoms with Crippen molar-refractivity contribution in [2.45, 2.75) is 57.9 Å². The van der Waals surface area contributed by atoms with Gasteiger partial charge in [-0.15, -0.1) is 0 Å². The van der Waals surface area contributed by atoms with Crippen LogP contribution in [-0.2, 0) is 19.2 Å². The Balaban J connectivity index is 1.62. The van der Waals surface area contributed by atoms with Gasteiger partial charge in [-0.05, 0) is 43.4 Å². The number of amides is 2. The number of benzene rings is 1. The first-order valence-electron chi connectivity index (χ1n) is 13.5. The fourth-order valence-electron chi connectivity index (χ4n) is 5.70. The van der Waals surface area contributed by atoms with Gasteiger partial charge >= 0.3 is 5.97 Å². The van der Waals surface area contributed by atoms with E-state index in [-0.39, 0.29) is 25.2 Å². The lowest BCUT2D eigenvalue weighted by Crippen LogP contribution is -2.45. The molecule has 38 heavy (non-hydrogen) atoms. The summed E-state index contributed by atoms with van der Waals surface area (Å²) in [6.45, 7) is 6.45. The molecule has 1 N–H and O–H groups in total. The monoisotopic (exact) mass is 533 g/mol. The Morgan fingerprint density at radius 2 is 2.03 bits per heavy atom. The molecule has 1 aromatic carbocycles. The molecule has 0 radical (unpaired) electrons. The molecule has 2 fully saturated rings. The highest BCUT2D eigenvalue weighted by molar-refractivity contribution is 5.79. The Hall–Kier alpha value is -3.05. The zero-order valence-electron chi connectivity index (χ0n) is 22.5.